The van der Waals surface area contributed by atoms with Crippen molar-refractivity contribution in [3.8, 4) is 5.75 Å². The topological polar surface area (TPSA) is 59.4 Å². The van der Waals surface area contributed by atoms with E-state index in [2.05, 4.69) is 10.4 Å². The van der Waals surface area contributed by atoms with Crippen molar-refractivity contribution in [3.05, 3.63) is 41.7 Å². The molecule has 2 aromatic rings. The standard InChI is InChI=1S/C16H22N4O2/c1-12-13(10-20(3)18-12)9-19(2)11-16(21)17-14-6-5-7-15(8-14)22-4/h5-8,10H,9,11H2,1-4H3,(H,17,21). The van der Waals surface area contributed by atoms with Gasteiger partial charge in [-0.25, -0.2) is 0 Å². The number of nitrogens with zero attached hydrogens (tertiary/aromatic N) is 3. The Balaban J connectivity index is 1.89. The summed E-state index contributed by atoms with van der Waals surface area (Å²) in [4.78, 5) is 14.0. The van der Waals surface area contributed by atoms with Gasteiger partial charge >= 0.3 is 0 Å². The number of ether oxygens (including phenoxy) is 1. The number of benzene rings is 1. The van der Waals surface area contributed by atoms with Crippen LogP contribution in [0.2, 0.25) is 0 Å². The van der Waals surface area contributed by atoms with Crippen LogP contribution in [-0.4, -0.2) is 41.3 Å². The molecule has 0 aliphatic carbocycles. The van der Waals surface area contributed by atoms with Gasteiger partial charge in [0.15, 0.2) is 0 Å². The maximum Gasteiger partial charge on any atom is 0.238 e. The first-order valence-corrected chi connectivity index (χ1v) is 7.09. The van der Waals surface area contributed by atoms with Crippen LogP contribution in [0.1, 0.15) is 11.3 Å². The molecule has 0 fully saturated rings. The lowest BCUT2D eigenvalue weighted by atomic mass is 10.2. The van der Waals surface area contributed by atoms with Crippen LogP contribution >= 0.6 is 0 Å². The summed E-state index contributed by atoms with van der Waals surface area (Å²) in [7, 11) is 5.41. The third-order valence-electron chi connectivity index (χ3n) is 3.32. The summed E-state index contributed by atoms with van der Waals surface area (Å²) in [5, 5.41) is 7.18. The highest BCUT2D eigenvalue weighted by Crippen LogP contribution is 2.16. The SMILES string of the molecule is COc1cccc(NC(=O)CN(C)Cc2cn(C)nc2C)c1. The van der Waals surface area contributed by atoms with E-state index in [-0.39, 0.29) is 5.91 Å². The minimum Gasteiger partial charge on any atom is -0.497 e. The highest BCUT2D eigenvalue weighted by Gasteiger charge is 2.11. The monoisotopic (exact) mass is 302 g/mol. The van der Waals surface area contributed by atoms with Crippen molar-refractivity contribution in [1.29, 1.82) is 0 Å². The zero-order chi connectivity index (χ0) is 16.1. The van der Waals surface area contributed by atoms with E-state index >= 15 is 0 Å². The minimum atomic E-state index is -0.0581. The number of hydrogen-bond acceptors (Lipinski definition) is 4. The van der Waals surface area contributed by atoms with Crippen molar-refractivity contribution < 1.29 is 9.53 Å². The normalized spacial score (nSPS) is 10.8. The molecule has 0 saturated carbocycles. The molecule has 0 bridgehead atoms. The number of carbonyl (C=O) groups is 1. The van der Waals surface area contributed by atoms with Gasteiger partial charge in [0, 0.05) is 37.1 Å². The maximum absolute atomic E-state index is 12.1. The summed E-state index contributed by atoms with van der Waals surface area (Å²) in [6.07, 6.45) is 1.98. The lowest BCUT2D eigenvalue weighted by Crippen LogP contribution is -2.29. The van der Waals surface area contributed by atoms with Gasteiger partial charge in [-0.3, -0.25) is 14.4 Å². The van der Waals surface area contributed by atoms with Crippen molar-refractivity contribution >= 4 is 11.6 Å². The summed E-state index contributed by atoms with van der Waals surface area (Å²) in [6.45, 7) is 2.97. The molecule has 6 heteroatoms. The fraction of sp³-hybridized carbons (Fsp3) is 0.375. The average molecular weight is 302 g/mol. The molecule has 0 saturated heterocycles. The molecule has 1 aromatic carbocycles. The molecule has 118 valence electrons. The molecular weight excluding hydrogens is 280 g/mol. The molecule has 2 rings (SSSR count). The van der Waals surface area contributed by atoms with E-state index in [9.17, 15) is 4.79 Å². The van der Waals surface area contributed by atoms with Gasteiger partial charge < -0.3 is 10.1 Å². The molecule has 0 aliphatic heterocycles. The number of carbonyl (C=O) groups excluding carboxylic acids is 1. The Morgan fingerprint density at radius 2 is 2.23 bits per heavy atom. The molecule has 0 spiro atoms. The molecular formula is C16H22N4O2. The Morgan fingerprint density at radius 1 is 1.45 bits per heavy atom. The Labute approximate surface area is 130 Å². The number of methoxy groups -OCH3 is 1. The van der Waals surface area contributed by atoms with Crippen molar-refractivity contribution in [2.45, 2.75) is 13.5 Å². The molecule has 0 aliphatic rings. The van der Waals surface area contributed by atoms with Gasteiger partial charge in [0.25, 0.3) is 0 Å². The van der Waals surface area contributed by atoms with Gasteiger partial charge in [-0.2, -0.15) is 5.10 Å². The number of nitrogens with one attached hydrogen (secondary N) is 1. The van der Waals surface area contributed by atoms with E-state index in [1.165, 1.54) is 0 Å². The first-order chi connectivity index (χ1) is 10.5. The fourth-order valence-electron chi connectivity index (χ4n) is 2.30. The van der Waals surface area contributed by atoms with Gasteiger partial charge in [0.2, 0.25) is 5.91 Å². The Bertz CT molecular complexity index is 651. The summed E-state index contributed by atoms with van der Waals surface area (Å²) in [6, 6.07) is 7.32. The van der Waals surface area contributed by atoms with Crippen molar-refractivity contribution in [2.75, 3.05) is 26.0 Å². The Kier molecular flexibility index (Phi) is 5.16. The van der Waals surface area contributed by atoms with Crippen LogP contribution in [0.4, 0.5) is 5.69 Å². The molecule has 0 atom stereocenters. The second kappa shape index (κ2) is 7.09. The molecule has 1 aromatic heterocycles. The summed E-state index contributed by atoms with van der Waals surface area (Å²) in [5.74, 6) is 0.662. The number of likely N-dealkylation sites (N-methyl/N-ethyl adjacent to an activating group) is 1. The lowest BCUT2D eigenvalue weighted by molar-refractivity contribution is -0.117. The maximum atomic E-state index is 12.1. The van der Waals surface area contributed by atoms with Crippen LogP contribution in [0.3, 0.4) is 0 Å². The number of aromatic nitrogens is 2. The Morgan fingerprint density at radius 3 is 2.86 bits per heavy atom. The first-order valence-electron chi connectivity index (χ1n) is 7.09. The van der Waals surface area contributed by atoms with Crippen LogP contribution in [0.25, 0.3) is 0 Å². The van der Waals surface area contributed by atoms with Crippen molar-refractivity contribution in [2.24, 2.45) is 7.05 Å². The number of amides is 1. The van der Waals surface area contributed by atoms with Gasteiger partial charge in [-0.15, -0.1) is 0 Å². The zero-order valence-electron chi connectivity index (χ0n) is 13.5. The molecule has 0 radical (unpaired) electrons. The third-order valence-corrected chi connectivity index (χ3v) is 3.32. The number of aryl methyl sites for hydroxylation is 2. The number of rotatable bonds is 6. The first kappa shape index (κ1) is 16.0. The number of anilines is 1. The van der Waals surface area contributed by atoms with Crippen molar-refractivity contribution in [1.82, 2.24) is 14.7 Å². The average Bonchev–Trinajstić information content (AvgIpc) is 2.76. The van der Waals surface area contributed by atoms with Crippen LogP contribution in [0, 0.1) is 6.92 Å². The molecule has 22 heavy (non-hydrogen) atoms. The largest absolute Gasteiger partial charge is 0.497 e. The van der Waals surface area contributed by atoms with Gasteiger partial charge in [-0.05, 0) is 26.1 Å². The van der Waals surface area contributed by atoms with E-state index in [4.69, 9.17) is 4.74 Å². The smallest absolute Gasteiger partial charge is 0.238 e. The molecule has 1 amide bonds. The van der Waals surface area contributed by atoms with E-state index in [1.807, 2.05) is 50.3 Å². The summed E-state index contributed by atoms with van der Waals surface area (Å²) < 4.78 is 6.93. The van der Waals surface area contributed by atoms with Gasteiger partial charge in [-0.1, -0.05) is 6.07 Å². The molecule has 0 unspecified atom stereocenters. The minimum absolute atomic E-state index is 0.0581. The second-order valence-electron chi connectivity index (χ2n) is 5.37. The molecule has 1 heterocycles. The summed E-state index contributed by atoms with van der Waals surface area (Å²) in [5.41, 5.74) is 2.84. The second-order valence-corrected chi connectivity index (χ2v) is 5.37. The fourth-order valence-corrected chi connectivity index (χ4v) is 2.30. The molecule has 1 N–H and O–H groups in total. The van der Waals surface area contributed by atoms with E-state index in [0.717, 1.165) is 22.7 Å². The Hall–Kier alpha value is -2.34. The predicted molar refractivity (Wildman–Crippen MR) is 85.9 cm³/mol. The van der Waals surface area contributed by atoms with Crippen LogP contribution in [0.5, 0.6) is 5.75 Å². The van der Waals surface area contributed by atoms with Crippen LogP contribution < -0.4 is 10.1 Å². The molecule has 6 nitrogen and oxygen atoms in total. The highest BCUT2D eigenvalue weighted by atomic mass is 16.5. The van der Waals surface area contributed by atoms with Gasteiger partial charge in [0.1, 0.15) is 5.75 Å². The summed E-state index contributed by atoms with van der Waals surface area (Å²) >= 11 is 0. The zero-order valence-corrected chi connectivity index (χ0v) is 13.5. The lowest BCUT2D eigenvalue weighted by Gasteiger charge is -2.16. The number of hydrogen-bond donors (Lipinski definition) is 1. The highest BCUT2D eigenvalue weighted by molar-refractivity contribution is 5.92. The van der Waals surface area contributed by atoms with Gasteiger partial charge in [0.05, 0.1) is 19.3 Å². The third kappa shape index (κ3) is 4.33. The van der Waals surface area contributed by atoms with E-state index in [0.29, 0.717) is 13.1 Å². The van der Waals surface area contributed by atoms with E-state index in [1.54, 1.807) is 17.9 Å². The van der Waals surface area contributed by atoms with E-state index < -0.39 is 0 Å². The predicted octanol–water partition coefficient (Wildman–Crippen LogP) is 1.81. The van der Waals surface area contributed by atoms with Crippen molar-refractivity contribution in [3.63, 3.8) is 0 Å². The van der Waals surface area contributed by atoms with Crippen LogP contribution in [-0.2, 0) is 18.4 Å². The quantitative estimate of drug-likeness (QED) is 0.884. The van der Waals surface area contributed by atoms with Crippen LogP contribution in [0.15, 0.2) is 30.5 Å².